The molecule has 0 saturated carbocycles. The van der Waals surface area contributed by atoms with Gasteiger partial charge in [0, 0.05) is 26.0 Å². The SMILES string of the molecule is CNC(Cn1ccn(C)c1=O)c1cc(C)ccc1C. The van der Waals surface area contributed by atoms with Crippen LogP contribution in [-0.2, 0) is 13.6 Å². The van der Waals surface area contributed by atoms with E-state index in [4.69, 9.17) is 0 Å². The van der Waals surface area contributed by atoms with Crippen molar-refractivity contribution in [3.63, 3.8) is 0 Å². The molecule has 0 aliphatic rings. The van der Waals surface area contributed by atoms with E-state index in [0.29, 0.717) is 6.54 Å². The van der Waals surface area contributed by atoms with Crippen molar-refractivity contribution >= 4 is 0 Å². The fourth-order valence-electron chi connectivity index (χ4n) is 2.33. The topological polar surface area (TPSA) is 39.0 Å². The third-order valence-electron chi connectivity index (χ3n) is 3.56. The molecule has 2 rings (SSSR count). The number of likely N-dealkylation sites (N-methyl/N-ethyl adjacent to an activating group) is 1. The Morgan fingerprint density at radius 3 is 2.58 bits per heavy atom. The number of nitrogens with one attached hydrogen (secondary N) is 1. The Kier molecular flexibility index (Phi) is 3.90. The molecule has 1 aromatic heterocycles. The molecule has 1 heterocycles. The summed E-state index contributed by atoms with van der Waals surface area (Å²) in [4.78, 5) is 11.9. The second-order valence-corrected chi connectivity index (χ2v) is 5.05. The van der Waals surface area contributed by atoms with Crippen molar-refractivity contribution < 1.29 is 0 Å². The minimum Gasteiger partial charge on any atom is -0.312 e. The van der Waals surface area contributed by atoms with Gasteiger partial charge in [-0.1, -0.05) is 23.8 Å². The predicted octanol–water partition coefficient (Wildman–Crippen LogP) is 1.76. The molecule has 0 spiro atoms. The van der Waals surface area contributed by atoms with E-state index in [0.717, 1.165) is 0 Å². The molecule has 0 saturated heterocycles. The van der Waals surface area contributed by atoms with Crippen LogP contribution in [0.4, 0.5) is 0 Å². The Balaban J connectivity index is 2.32. The molecule has 0 fully saturated rings. The average Bonchev–Trinajstić information content (AvgIpc) is 2.70. The summed E-state index contributed by atoms with van der Waals surface area (Å²) in [6.07, 6.45) is 3.62. The van der Waals surface area contributed by atoms with Gasteiger partial charge in [-0.2, -0.15) is 0 Å². The fraction of sp³-hybridized carbons (Fsp3) is 0.400. The lowest BCUT2D eigenvalue weighted by Gasteiger charge is -2.19. The molecule has 4 heteroatoms. The summed E-state index contributed by atoms with van der Waals surface area (Å²) in [5.41, 5.74) is 3.75. The number of imidazole rings is 1. The van der Waals surface area contributed by atoms with Crippen LogP contribution in [0.1, 0.15) is 22.7 Å². The Labute approximate surface area is 113 Å². The van der Waals surface area contributed by atoms with Crippen LogP contribution in [0.3, 0.4) is 0 Å². The van der Waals surface area contributed by atoms with Gasteiger partial charge in [-0.25, -0.2) is 4.79 Å². The van der Waals surface area contributed by atoms with Crippen LogP contribution in [-0.4, -0.2) is 16.2 Å². The maximum atomic E-state index is 11.9. The molecular formula is C15H21N3O. The second-order valence-electron chi connectivity index (χ2n) is 5.05. The van der Waals surface area contributed by atoms with Gasteiger partial charge in [0.25, 0.3) is 0 Å². The molecule has 102 valence electrons. The van der Waals surface area contributed by atoms with Gasteiger partial charge in [0.05, 0.1) is 6.04 Å². The highest BCUT2D eigenvalue weighted by Crippen LogP contribution is 2.20. The smallest absolute Gasteiger partial charge is 0.312 e. The second kappa shape index (κ2) is 5.45. The summed E-state index contributed by atoms with van der Waals surface area (Å²) in [5, 5.41) is 3.30. The van der Waals surface area contributed by atoms with Gasteiger partial charge in [0.2, 0.25) is 0 Å². The van der Waals surface area contributed by atoms with Gasteiger partial charge in [-0.3, -0.25) is 4.57 Å². The molecule has 0 amide bonds. The normalized spacial score (nSPS) is 12.6. The van der Waals surface area contributed by atoms with E-state index in [-0.39, 0.29) is 11.7 Å². The number of hydrogen-bond acceptors (Lipinski definition) is 2. The third-order valence-corrected chi connectivity index (χ3v) is 3.56. The highest BCUT2D eigenvalue weighted by Gasteiger charge is 2.14. The molecule has 2 aromatic rings. The van der Waals surface area contributed by atoms with Crippen molar-refractivity contribution in [3.05, 3.63) is 57.8 Å². The lowest BCUT2D eigenvalue weighted by Crippen LogP contribution is -2.29. The van der Waals surface area contributed by atoms with E-state index >= 15 is 0 Å². The number of aromatic nitrogens is 2. The standard InChI is InChI=1S/C15H21N3O/c1-11-5-6-12(2)13(9-11)14(16-3)10-18-8-7-17(4)15(18)19/h5-9,14,16H,10H2,1-4H3. The van der Waals surface area contributed by atoms with Crippen LogP contribution in [0.5, 0.6) is 0 Å². The monoisotopic (exact) mass is 259 g/mol. The first kappa shape index (κ1) is 13.6. The molecule has 4 nitrogen and oxygen atoms in total. The van der Waals surface area contributed by atoms with Crippen molar-refractivity contribution in [1.29, 1.82) is 0 Å². The van der Waals surface area contributed by atoms with E-state index in [1.807, 2.05) is 13.2 Å². The predicted molar refractivity (Wildman–Crippen MR) is 77.4 cm³/mol. The van der Waals surface area contributed by atoms with Gasteiger partial charge in [0.1, 0.15) is 0 Å². The van der Waals surface area contributed by atoms with E-state index in [9.17, 15) is 4.79 Å². The lowest BCUT2D eigenvalue weighted by molar-refractivity contribution is 0.485. The van der Waals surface area contributed by atoms with Gasteiger partial charge >= 0.3 is 5.69 Å². The molecule has 1 unspecified atom stereocenters. The zero-order chi connectivity index (χ0) is 14.0. The Hall–Kier alpha value is -1.81. The van der Waals surface area contributed by atoms with Crippen molar-refractivity contribution in [2.75, 3.05) is 7.05 Å². The number of rotatable bonds is 4. The largest absolute Gasteiger partial charge is 0.327 e. The quantitative estimate of drug-likeness (QED) is 0.909. The summed E-state index contributed by atoms with van der Waals surface area (Å²) >= 11 is 0. The first-order chi connectivity index (χ1) is 9.02. The summed E-state index contributed by atoms with van der Waals surface area (Å²) in [6.45, 7) is 4.83. The Morgan fingerprint density at radius 2 is 2.00 bits per heavy atom. The van der Waals surface area contributed by atoms with Crippen LogP contribution < -0.4 is 11.0 Å². The van der Waals surface area contributed by atoms with Crippen LogP contribution in [0.2, 0.25) is 0 Å². The first-order valence-corrected chi connectivity index (χ1v) is 6.49. The van der Waals surface area contributed by atoms with Gasteiger partial charge in [-0.15, -0.1) is 0 Å². The number of hydrogen-bond donors (Lipinski definition) is 1. The molecule has 19 heavy (non-hydrogen) atoms. The zero-order valence-corrected chi connectivity index (χ0v) is 12.0. The van der Waals surface area contributed by atoms with E-state index in [1.165, 1.54) is 16.7 Å². The number of aryl methyl sites for hydroxylation is 3. The van der Waals surface area contributed by atoms with Crippen molar-refractivity contribution in [2.45, 2.75) is 26.4 Å². The van der Waals surface area contributed by atoms with Crippen LogP contribution in [0.25, 0.3) is 0 Å². The molecule has 1 aromatic carbocycles. The fourth-order valence-corrected chi connectivity index (χ4v) is 2.33. The van der Waals surface area contributed by atoms with E-state index in [1.54, 1.807) is 22.4 Å². The van der Waals surface area contributed by atoms with Crippen LogP contribution in [0, 0.1) is 13.8 Å². The van der Waals surface area contributed by atoms with Crippen LogP contribution >= 0.6 is 0 Å². The van der Waals surface area contributed by atoms with Crippen LogP contribution in [0.15, 0.2) is 35.4 Å². The van der Waals surface area contributed by atoms with Crippen molar-refractivity contribution in [2.24, 2.45) is 7.05 Å². The van der Waals surface area contributed by atoms with E-state index in [2.05, 4.69) is 37.4 Å². The van der Waals surface area contributed by atoms with Gasteiger partial charge in [0.15, 0.2) is 0 Å². The third kappa shape index (κ3) is 2.79. The number of nitrogens with zero attached hydrogens (tertiary/aromatic N) is 2. The summed E-state index contributed by atoms with van der Waals surface area (Å²) < 4.78 is 3.33. The lowest BCUT2D eigenvalue weighted by atomic mass is 9.99. The molecule has 0 radical (unpaired) electrons. The average molecular weight is 259 g/mol. The molecule has 1 atom stereocenters. The maximum Gasteiger partial charge on any atom is 0.327 e. The first-order valence-electron chi connectivity index (χ1n) is 6.49. The van der Waals surface area contributed by atoms with E-state index < -0.39 is 0 Å². The Morgan fingerprint density at radius 1 is 1.26 bits per heavy atom. The molecule has 0 bridgehead atoms. The number of benzene rings is 1. The maximum absolute atomic E-state index is 11.9. The van der Waals surface area contributed by atoms with Crippen molar-refractivity contribution in [3.8, 4) is 0 Å². The minimum atomic E-state index is 0.0190. The Bertz CT molecular complexity index is 625. The summed E-state index contributed by atoms with van der Waals surface area (Å²) in [6, 6.07) is 6.56. The highest BCUT2D eigenvalue weighted by molar-refractivity contribution is 5.33. The minimum absolute atomic E-state index is 0.0190. The summed E-state index contributed by atoms with van der Waals surface area (Å²) in [5.74, 6) is 0. The zero-order valence-electron chi connectivity index (χ0n) is 12.0. The summed E-state index contributed by atoms with van der Waals surface area (Å²) in [7, 11) is 3.70. The highest BCUT2D eigenvalue weighted by atomic mass is 16.1. The molecule has 0 aliphatic carbocycles. The molecule has 0 aliphatic heterocycles. The van der Waals surface area contributed by atoms with Gasteiger partial charge in [-0.05, 0) is 32.0 Å². The van der Waals surface area contributed by atoms with Gasteiger partial charge < -0.3 is 9.88 Å². The van der Waals surface area contributed by atoms with Crippen molar-refractivity contribution in [1.82, 2.24) is 14.5 Å². The molecular weight excluding hydrogens is 238 g/mol. The molecule has 1 N–H and O–H groups in total.